The summed E-state index contributed by atoms with van der Waals surface area (Å²) in [4.78, 5) is 8.06. The molecule has 3 aromatic rings. The van der Waals surface area contributed by atoms with Crippen LogP contribution in [0.25, 0.3) is 5.69 Å². The lowest BCUT2D eigenvalue weighted by Gasteiger charge is -2.09. The molecule has 2 heterocycles. The minimum atomic E-state index is 0.253. The Labute approximate surface area is 143 Å². The van der Waals surface area contributed by atoms with Crippen molar-refractivity contribution in [1.82, 2.24) is 30.2 Å². The zero-order valence-corrected chi connectivity index (χ0v) is 13.6. The van der Waals surface area contributed by atoms with Gasteiger partial charge in [-0.15, -0.1) is 0 Å². The Balaban J connectivity index is 1.57. The van der Waals surface area contributed by atoms with E-state index in [0.29, 0.717) is 29.9 Å². The molecule has 24 heavy (non-hydrogen) atoms. The molecule has 0 saturated heterocycles. The van der Waals surface area contributed by atoms with E-state index in [1.807, 2.05) is 30.3 Å². The molecule has 1 aromatic carbocycles. The number of anilines is 2. The number of rotatable bonds is 7. The van der Waals surface area contributed by atoms with Gasteiger partial charge in [0.2, 0.25) is 5.95 Å². The van der Waals surface area contributed by atoms with Gasteiger partial charge in [-0.05, 0) is 22.6 Å². The number of aromatic nitrogens is 6. The van der Waals surface area contributed by atoms with Crippen LogP contribution >= 0.6 is 11.6 Å². The van der Waals surface area contributed by atoms with E-state index in [1.54, 1.807) is 4.68 Å². The molecule has 0 aliphatic rings. The van der Waals surface area contributed by atoms with Crippen LogP contribution in [-0.4, -0.2) is 50.4 Å². The molecule has 0 spiro atoms. The Bertz CT molecular complexity index is 794. The second-order valence-electron chi connectivity index (χ2n) is 4.66. The van der Waals surface area contributed by atoms with Gasteiger partial charge in [-0.25, -0.2) is 4.98 Å². The zero-order chi connectivity index (χ0) is 16.8. The van der Waals surface area contributed by atoms with Crippen molar-refractivity contribution < 1.29 is 4.74 Å². The van der Waals surface area contributed by atoms with Crippen LogP contribution in [0.4, 0.5) is 11.8 Å². The van der Waals surface area contributed by atoms with Crippen LogP contribution in [0.2, 0.25) is 5.02 Å². The van der Waals surface area contributed by atoms with E-state index in [-0.39, 0.29) is 6.01 Å². The minimum absolute atomic E-state index is 0.253. The first-order valence-electron chi connectivity index (χ1n) is 7.16. The molecule has 0 unspecified atom stereocenters. The summed E-state index contributed by atoms with van der Waals surface area (Å²) in [6.07, 6.45) is 1.49. The van der Waals surface area contributed by atoms with E-state index in [9.17, 15) is 0 Å². The van der Waals surface area contributed by atoms with Crippen molar-refractivity contribution >= 4 is 23.4 Å². The number of ether oxygens (including phenoxy) is 1. The molecular formula is C14H15ClN8O. The molecule has 124 valence electrons. The van der Waals surface area contributed by atoms with E-state index >= 15 is 0 Å². The van der Waals surface area contributed by atoms with Crippen molar-refractivity contribution in [3.05, 3.63) is 41.6 Å². The number of hydrogen-bond acceptors (Lipinski definition) is 8. The monoisotopic (exact) mass is 346 g/mol. The number of hydrogen-bond donors (Lipinski definition) is 2. The van der Waals surface area contributed by atoms with Crippen molar-refractivity contribution in [3.8, 4) is 11.7 Å². The van der Waals surface area contributed by atoms with Gasteiger partial charge in [0.05, 0.1) is 19.0 Å². The molecule has 10 heteroatoms. The van der Waals surface area contributed by atoms with Gasteiger partial charge >= 0.3 is 6.01 Å². The first-order chi connectivity index (χ1) is 11.8. The van der Waals surface area contributed by atoms with Gasteiger partial charge in [-0.2, -0.15) is 9.67 Å². The lowest BCUT2D eigenvalue weighted by Crippen LogP contribution is -2.17. The molecule has 3 rings (SSSR count). The first kappa shape index (κ1) is 15.9. The normalized spacial score (nSPS) is 10.4. The summed E-state index contributed by atoms with van der Waals surface area (Å²) in [5.41, 5.74) is 0.876. The first-order valence-corrected chi connectivity index (χ1v) is 7.54. The maximum atomic E-state index is 6.04. The standard InChI is InChI=1S/C14H15ClN8O/c1-24-14-18-9-11(15)12(19-14)16-7-8-17-13-20-21-22-23(13)10-5-3-2-4-6-10/h2-6,9H,7-8H2,1H3,(H,16,18,19)(H,17,20,22). The van der Waals surface area contributed by atoms with Crippen LogP contribution in [0.3, 0.4) is 0 Å². The highest BCUT2D eigenvalue weighted by Gasteiger charge is 2.08. The van der Waals surface area contributed by atoms with E-state index < -0.39 is 0 Å². The molecule has 0 aliphatic heterocycles. The quantitative estimate of drug-likeness (QED) is 0.622. The van der Waals surface area contributed by atoms with Crippen LogP contribution in [0.1, 0.15) is 0 Å². The van der Waals surface area contributed by atoms with Gasteiger partial charge in [0, 0.05) is 13.1 Å². The number of tetrazole rings is 1. The number of nitrogens with one attached hydrogen (secondary N) is 2. The Morgan fingerprint density at radius 1 is 1.17 bits per heavy atom. The smallest absolute Gasteiger partial charge is 0.318 e. The molecule has 2 N–H and O–H groups in total. The molecule has 0 radical (unpaired) electrons. The second-order valence-corrected chi connectivity index (χ2v) is 5.06. The molecule has 0 amide bonds. The summed E-state index contributed by atoms with van der Waals surface area (Å²) < 4.78 is 6.60. The Morgan fingerprint density at radius 3 is 2.75 bits per heavy atom. The lowest BCUT2D eigenvalue weighted by molar-refractivity contribution is 0.380. The van der Waals surface area contributed by atoms with Gasteiger partial charge in [-0.1, -0.05) is 34.9 Å². The number of benzene rings is 1. The number of methoxy groups -OCH3 is 1. The highest BCUT2D eigenvalue weighted by molar-refractivity contribution is 6.32. The third-order valence-corrected chi connectivity index (χ3v) is 3.35. The summed E-state index contributed by atoms with van der Waals surface area (Å²) in [5, 5.41) is 18.3. The summed E-state index contributed by atoms with van der Waals surface area (Å²) >= 11 is 6.04. The third kappa shape index (κ3) is 3.69. The number of nitrogens with zero attached hydrogens (tertiary/aromatic N) is 6. The zero-order valence-electron chi connectivity index (χ0n) is 12.8. The maximum Gasteiger partial charge on any atom is 0.318 e. The van der Waals surface area contributed by atoms with Gasteiger partial charge in [0.15, 0.2) is 5.82 Å². The molecule has 0 bridgehead atoms. The van der Waals surface area contributed by atoms with Gasteiger partial charge < -0.3 is 15.4 Å². The van der Waals surface area contributed by atoms with Crippen LogP contribution in [0.15, 0.2) is 36.5 Å². The summed E-state index contributed by atoms with van der Waals surface area (Å²) in [6.45, 7) is 1.12. The topological polar surface area (TPSA) is 103 Å². The summed E-state index contributed by atoms with van der Waals surface area (Å²) in [7, 11) is 1.50. The average Bonchev–Trinajstić information content (AvgIpc) is 3.09. The molecule has 2 aromatic heterocycles. The predicted octanol–water partition coefficient (Wildman–Crippen LogP) is 1.64. The van der Waals surface area contributed by atoms with Crippen molar-refractivity contribution in [3.63, 3.8) is 0 Å². The summed E-state index contributed by atoms with van der Waals surface area (Å²) in [5.74, 6) is 1.06. The Morgan fingerprint density at radius 2 is 1.96 bits per heavy atom. The third-order valence-electron chi connectivity index (χ3n) is 3.08. The Kier molecular flexibility index (Phi) is 5.02. The number of halogens is 1. The summed E-state index contributed by atoms with van der Waals surface area (Å²) in [6, 6.07) is 9.88. The van der Waals surface area contributed by atoms with Crippen LogP contribution in [0, 0.1) is 0 Å². The van der Waals surface area contributed by atoms with Crippen LogP contribution < -0.4 is 15.4 Å². The molecule has 9 nitrogen and oxygen atoms in total. The molecule has 0 saturated carbocycles. The van der Waals surface area contributed by atoms with Crippen molar-refractivity contribution in [2.75, 3.05) is 30.8 Å². The maximum absolute atomic E-state index is 6.04. The molecular weight excluding hydrogens is 332 g/mol. The van der Waals surface area contributed by atoms with Crippen LogP contribution in [0.5, 0.6) is 6.01 Å². The SMILES string of the molecule is COc1ncc(Cl)c(NCCNc2nnnn2-c2ccccc2)n1. The highest BCUT2D eigenvalue weighted by Crippen LogP contribution is 2.19. The minimum Gasteiger partial charge on any atom is -0.467 e. The average molecular weight is 347 g/mol. The number of para-hydroxylation sites is 1. The van der Waals surface area contributed by atoms with E-state index in [2.05, 4.69) is 36.1 Å². The fraction of sp³-hybridized carbons (Fsp3) is 0.214. The van der Waals surface area contributed by atoms with Gasteiger partial charge in [-0.3, -0.25) is 0 Å². The fourth-order valence-corrected chi connectivity index (χ4v) is 2.13. The van der Waals surface area contributed by atoms with Crippen molar-refractivity contribution in [2.45, 2.75) is 0 Å². The molecule has 0 atom stereocenters. The Hall–Kier alpha value is -2.94. The van der Waals surface area contributed by atoms with E-state index in [0.717, 1.165) is 5.69 Å². The van der Waals surface area contributed by atoms with E-state index in [1.165, 1.54) is 13.3 Å². The van der Waals surface area contributed by atoms with Crippen molar-refractivity contribution in [2.24, 2.45) is 0 Å². The largest absolute Gasteiger partial charge is 0.467 e. The van der Waals surface area contributed by atoms with Gasteiger partial charge in [0.25, 0.3) is 0 Å². The lowest BCUT2D eigenvalue weighted by atomic mass is 10.3. The second kappa shape index (κ2) is 7.55. The van der Waals surface area contributed by atoms with E-state index in [4.69, 9.17) is 16.3 Å². The van der Waals surface area contributed by atoms with Crippen LogP contribution in [-0.2, 0) is 0 Å². The van der Waals surface area contributed by atoms with Crippen molar-refractivity contribution in [1.29, 1.82) is 0 Å². The highest BCUT2D eigenvalue weighted by atomic mass is 35.5. The predicted molar refractivity (Wildman–Crippen MR) is 89.7 cm³/mol. The molecule has 0 aliphatic carbocycles. The fourth-order valence-electron chi connectivity index (χ4n) is 1.97. The van der Waals surface area contributed by atoms with Gasteiger partial charge in [0.1, 0.15) is 5.02 Å². The molecule has 0 fully saturated rings.